The van der Waals surface area contributed by atoms with Gasteiger partial charge in [-0.2, -0.15) is 0 Å². The number of methoxy groups -OCH3 is 1. The Morgan fingerprint density at radius 2 is 2.12 bits per heavy atom. The van der Waals surface area contributed by atoms with E-state index in [0.717, 1.165) is 18.4 Å². The summed E-state index contributed by atoms with van der Waals surface area (Å²) in [6.45, 7) is 4.20. The lowest BCUT2D eigenvalue weighted by Gasteiger charge is -2.13. The highest BCUT2D eigenvalue weighted by atomic mass is 32.2. The lowest BCUT2D eigenvalue weighted by molar-refractivity contribution is -0.119. The predicted octanol–water partition coefficient (Wildman–Crippen LogP) is 2.84. The van der Waals surface area contributed by atoms with Crippen LogP contribution < -0.4 is 15.9 Å². The molecule has 0 saturated carbocycles. The maximum Gasteiger partial charge on any atom is 0.230 e. The fourth-order valence-electron chi connectivity index (χ4n) is 2.61. The zero-order valence-corrected chi connectivity index (χ0v) is 16.4. The summed E-state index contributed by atoms with van der Waals surface area (Å²) in [7, 11) is 1.59. The van der Waals surface area contributed by atoms with Gasteiger partial charge in [-0.1, -0.05) is 50.1 Å². The molecule has 0 fully saturated rings. The van der Waals surface area contributed by atoms with Gasteiger partial charge in [-0.25, -0.2) is 4.68 Å². The quantitative estimate of drug-likeness (QED) is 0.376. The number of carbonyl (C=O) groups excluding carboxylic acids is 1. The Labute approximate surface area is 158 Å². The third kappa shape index (κ3) is 5.39. The molecule has 0 aliphatic heterocycles. The predicted molar refractivity (Wildman–Crippen MR) is 105 cm³/mol. The molecule has 1 aromatic carbocycles. The van der Waals surface area contributed by atoms with E-state index >= 15 is 0 Å². The molecule has 0 aliphatic carbocycles. The molecule has 0 spiro atoms. The first-order chi connectivity index (χ1) is 12.6. The van der Waals surface area contributed by atoms with Gasteiger partial charge in [0.2, 0.25) is 11.1 Å². The summed E-state index contributed by atoms with van der Waals surface area (Å²) >= 11 is 1.27. The zero-order valence-electron chi connectivity index (χ0n) is 15.6. The van der Waals surface area contributed by atoms with Crippen molar-refractivity contribution < 1.29 is 9.53 Å². The first-order valence-electron chi connectivity index (χ1n) is 8.82. The van der Waals surface area contributed by atoms with Gasteiger partial charge in [-0.05, 0) is 25.5 Å². The van der Waals surface area contributed by atoms with Crippen molar-refractivity contribution in [3.8, 4) is 17.1 Å². The maximum absolute atomic E-state index is 12.1. The van der Waals surface area contributed by atoms with Crippen LogP contribution in [0, 0.1) is 0 Å². The van der Waals surface area contributed by atoms with E-state index in [9.17, 15) is 4.79 Å². The van der Waals surface area contributed by atoms with E-state index < -0.39 is 0 Å². The Morgan fingerprint density at radius 1 is 1.35 bits per heavy atom. The molecular weight excluding hydrogens is 350 g/mol. The van der Waals surface area contributed by atoms with Crippen molar-refractivity contribution in [2.24, 2.45) is 0 Å². The van der Waals surface area contributed by atoms with E-state index in [1.807, 2.05) is 31.2 Å². The number of aromatic nitrogens is 3. The monoisotopic (exact) mass is 377 g/mol. The molecule has 1 atom stereocenters. The average molecular weight is 378 g/mol. The molecule has 2 aromatic rings. The van der Waals surface area contributed by atoms with Crippen molar-refractivity contribution in [2.45, 2.75) is 50.7 Å². The highest BCUT2D eigenvalue weighted by Crippen LogP contribution is 2.29. The number of nitrogen functional groups attached to an aromatic ring is 1. The molecule has 0 unspecified atom stereocenters. The van der Waals surface area contributed by atoms with Crippen molar-refractivity contribution in [2.75, 3.05) is 18.7 Å². The molecule has 0 radical (unpaired) electrons. The van der Waals surface area contributed by atoms with Crippen LogP contribution >= 0.6 is 11.8 Å². The highest BCUT2D eigenvalue weighted by Gasteiger charge is 2.17. The number of unbranched alkanes of at least 4 members (excludes halogenated alkanes) is 2. The Balaban J connectivity index is 1.93. The minimum absolute atomic E-state index is 0.0270. The number of thioether (sulfide) groups is 1. The van der Waals surface area contributed by atoms with E-state index in [2.05, 4.69) is 22.4 Å². The van der Waals surface area contributed by atoms with E-state index in [-0.39, 0.29) is 17.7 Å². The third-order valence-electron chi connectivity index (χ3n) is 3.99. The molecule has 0 saturated heterocycles. The fourth-order valence-corrected chi connectivity index (χ4v) is 3.28. The smallest absolute Gasteiger partial charge is 0.230 e. The van der Waals surface area contributed by atoms with Gasteiger partial charge in [0.1, 0.15) is 5.75 Å². The Hall–Kier alpha value is -2.22. The Morgan fingerprint density at radius 3 is 2.85 bits per heavy atom. The molecule has 2 rings (SSSR count). The second kappa shape index (κ2) is 10.1. The number of para-hydroxylation sites is 1. The number of benzene rings is 1. The van der Waals surface area contributed by atoms with Crippen LogP contribution in [0.3, 0.4) is 0 Å². The third-order valence-corrected chi connectivity index (χ3v) is 4.94. The van der Waals surface area contributed by atoms with Crippen LogP contribution in [0.15, 0.2) is 29.4 Å². The van der Waals surface area contributed by atoms with Crippen LogP contribution in [-0.4, -0.2) is 39.7 Å². The van der Waals surface area contributed by atoms with Crippen LogP contribution in [0.25, 0.3) is 11.4 Å². The minimum atomic E-state index is -0.0270. The summed E-state index contributed by atoms with van der Waals surface area (Å²) < 4.78 is 6.73. The average Bonchev–Trinajstić information content (AvgIpc) is 3.00. The standard InChI is InChI=1S/C18H27N5O2S/c1-4-5-6-9-13(2)20-16(24)12-26-18-22-21-17(23(18)19)14-10-7-8-11-15(14)25-3/h7-8,10-11,13H,4-6,9,12,19H2,1-3H3,(H,20,24)/t13-/m1/s1. The number of rotatable bonds is 10. The van der Waals surface area contributed by atoms with Crippen molar-refractivity contribution in [3.05, 3.63) is 24.3 Å². The normalized spacial score (nSPS) is 12.0. The fraction of sp³-hybridized carbons (Fsp3) is 0.500. The van der Waals surface area contributed by atoms with Crippen molar-refractivity contribution in [1.82, 2.24) is 20.2 Å². The summed E-state index contributed by atoms with van der Waals surface area (Å²) in [4.78, 5) is 12.1. The molecular formula is C18H27N5O2S. The molecule has 1 aromatic heterocycles. The molecule has 1 amide bonds. The number of nitrogens with zero attached hydrogens (tertiary/aromatic N) is 3. The van der Waals surface area contributed by atoms with Gasteiger partial charge < -0.3 is 15.9 Å². The Kier molecular flexibility index (Phi) is 7.77. The van der Waals surface area contributed by atoms with Crippen LogP contribution in [0.1, 0.15) is 39.5 Å². The van der Waals surface area contributed by atoms with Crippen molar-refractivity contribution in [1.29, 1.82) is 0 Å². The van der Waals surface area contributed by atoms with Gasteiger partial charge in [0.25, 0.3) is 0 Å². The molecule has 7 nitrogen and oxygen atoms in total. The van der Waals surface area contributed by atoms with Crippen molar-refractivity contribution in [3.63, 3.8) is 0 Å². The zero-order chi connectivity index (χ0) is 18.9. The van der Waals surface area contributed by atoms with Crippen LogP contribution in [0.2, 0.25) is 0 Å². The van der Waals surface area contributed by atoms with Gasteiger partial charge in [0, 0.05) is 6.04 Å². The van der Waals surface area contributed by atoms with Crippen LogP contribution in [0.5, 0.6) is 5.75 Å². The molecule has 0 bridgehead atoms. The second-order valence-corrected chi connectivity index (χ2v) is 7.07. The van der Waals surface area contributed by atoms with E-state index in [0.29, 0.717) is 16.7 Å². The van der Waals surface area contributed by atoms with E-state index in [1.165, 1.54) is 29.3 Å². The molecule has 26 heavy (non-hydrogen) atoms. The Bertz CT molecular complexity index is 719. The van der Waals surface area contributed by atoms with Crippen LogP contribution in [-0.2, 0) is 4.79 Å². The summed E-state index contributed by atoms with van der Waals surface area (Å²) in [6, 6.07) is 7.64. The van der Waals surface area contributed by atoms with Crippen LogP contribution in [0.4, 0.5) is 0 Å². The maximum atomic E-state index is 12.1. The number of amides is 1. The summed E-state index contributed by atoms with van der Waals surface area (Å²) in [5.41, 5.74) is 0.755. The summed E-state index contributed by atoms with van der Waals surface area (Å²) in [6.07, 6.45) is 4.49. The van der Waals surface area contributed by atoms with Gasteiger partial charge in [0.15, 0.2) is 5.82 Å². The SMILES string of the molecule is CCCCC[C@@H](C)NC(=O)CSc1nnc(-c2ccccc2OC)n1N. The lowest BCUT2D eigenvalue weighted by Crippen LogP contribution is -2.33. The molecule has 0 aliphatic rings. The van der Waals surface area contributed by atoms with E-state index in [1.54, 1.807) is 7.11 Å². The number of carbonyl (C=O) groups is 1. The number of hydrogen-bond donors (Lipinski definition) is 2. The minimum Gasteiger partial charge on any atom is -0.496 e. The molecule has 1 heterocycles. The number of hydrogen-bond acceptors (Lipinski definition) is 6. The molecule has 142 valence electrons. The van der Waals surface area contributed by atoms with Gasteiger partial charge >= 0.3 is 0 Å². The number of ether oxygens (including phenoxy) is 1. The number of nitrogens with two attached hydrogens (primary N) is 1. The second-order valence-electron chi connectivity index (χ2n) is 6.13. The number of nitrogens with one attached hydrogen (secondary N) is 1. The van der Waals surface area contributed by atoms with Crippen molar-refractivity contribution >= 4 is 17.7 Å². The first-order valence-corrected chi connectivity index (χ1v) is 9.81. The van der Waals surface area contributed by atoms with Gasteiger partial charge in [0.05, 0.1) is 18.4 Å². The first kappa shape index (κ1) is 20.1. The topological polar surface area (TPSA) is 95.1 Å². The summed E-state index contributed by atoms with van der Waals surface area (Å²) in [5, 5.41) is 11.7. The van der Waals surface area contributed by atoms with Gasteiger partial charge in [-0.3, -0.25) is 4.79 Å². The lowest BCUT2D eigenvalue weighted by atomic mass is 10.1. The summed E-state index contributed by atoms with van der Waals surface area (Å²) in [5.74, 6) is 7.50. The van der Waals surface area contributed by atoms with Gasteiger partial charge in [-0.15, -0.1) is 10.2 Å². The molecule has 8 heteroatoms. The largest absolute Gasteiger partial charge is 0.496 e. The molecule has 3 N–H and O–H groups in total. The van der Waals surface area contributed by atoms with E-state index in [4.69, 9.17) is 10.6 Å². The highest BCUT2D eigenvalue weighted by molar-refractivity contribution is 7.99.